The maximum atomic E-state index is 4.49. The average Bonchev–Trinajstić information content (AvgIpc) is 2.32. The second-order valence-electron chi connectivity index (χ2n) is 3.67. The molecule has 0 aromatic rings. The van der Waals surface area contributed by atoms with Crippen LogP contribution in [0.2, 0.25) is 0 Å². The number of amidine groups is 1. The zero-order valence-corrected chi connectivity index (χ0v) is 9.67. The van der Waals surface area contributed by atoms with Gasteiger partial charge >= 0.3 is 0 Å². The minimum absolute atomic E-state index is 0.987. The summed E-state index contributed by atoms with van der Waals surface area (Å²) in [6, 6.07) is 0. The van der Waals surface area contributed by atoms with Crippen LogP contribution in [0.25, 0.3) is 0 Å². The van der Waals surface area contributed by atoms with Crippen molar-refractivity contribution in [3.05, 3.63) is 23.4 Å². The van der Waals surface area contributed by atoms with Gasteiger partial charge in [0.2, 0.25) is 0 Å². The maximum absolute atomic E-state index is 4.49. The molecule has 0 unspecified atom stereocenters. The Labute approximate surface area is 87.0 Å². The van der Waals surface area contributed by atoms with E-state index in [9.17, 15) is 0 Å². The quantitative estimate of drug-likeness (QED) is 0.656. The van der Waals surface area contributed by atoms with Gasteiger partial charge in [0.25, 0.3) is 0 Å². The maximum Gasteiger partial charge on any atom is 0.108 e. The predicted octanol–water partition coefficient (Wildman–Crippen LogP) is 2.98. The monoisotopic (exact) mass is 192 g/mol. The van der Waals surface area contributed by atoms with E-state index in [0.717, 1.165) is 19.5 Å². The van der Waals surface area contributed by atoms with Gasteiger partial charge in [0.05, 0.1) is 0 Å². The van der Waals surface area contributed by atoms with Crippen molar-refractivity contribution in [1.82, 2.24) is 4.90 Å². The molecule has 1 heterocycles. The van der Waals surface area contributed by atoms with E-state index >= 15 is 0 Å². The first-order valence-corrected chi connectivity index (χ1v) is 5.33. The Hall–Kier alpha value is -1.05. The van der Waals surface area contributed by atoms with Crippen LogP contribution in [0.5, 0.6) is 0 Å². The van der Waals surface area contributed by atoms with Gasteiger partial charge in [-0.05, 0) is 33.8 Å². The summed E-state index contributed by atoms with van der Waals surface area (Å²) >= 11 is 0. The molecule has 2 heteroatoms. The van der Waals surface area contributed by atoms with E-state index in [1.54, 1.807) is 0 Å². The van der Waals surface area contributed by atoms with E-state index in [1.165, 1.54) is 17.0 Å². The molecule has 0 aromatic carbocycles. The van der Waals surface area contributed by atoms with E-state index in [1.807, 2.05) is 6.20 Å². The summed E-state index contributed by atoms with van der Waals surface area (Å²) in [5, 5.41) is 0. The minimum Gasteiger partial charge on any atom is -0.360 e. The minimum atomic E-state index is 0.987. The van der Waals surface area contributed by atoms with E-state index in [0.29, 0.717) is 0 Å². The number of allylic oxidation sites excluding steroid dienone is 2. The van der Waals surface area contributed by atoms with Gasteiger partial charge in [-0.2, -0.15) is 0 Å². The molecule has 0 saturated carbocycles. The Morgan fingerprint density at radius 2 is 1.93 bits per heavy atom. The van der Waals surface area contributed by atoms with Crippen LogP contribution in [-0.4, -0.2) is 23.8 Å². The summed E-state index contributed by atoms with van der Waals surface area (Å²) in [5.41, 5.74) is 2.76. The highest BCUT2D eigenvalue weighted by atomic mass is 15.2. The van der Waals surface area contributed by atoms with E-state index < -0.39 is 0 Å². The molecule has 0 fully saturated rings. The van der Waals surface area contributed by atoms with E-state index in [4.69, 9.17) is 0 Å². The fourth-order valence-electron chi connectivity index (χ4n) is 1.58. The van der Waals surface area contributed by atoms with Crippen molar-refractivity contribution < 1.29 is 0 Å². The number of hydrogen-bond acceptors (Lipinski definition) is 2. The molecule has 2 nitrogen and oxygen atoms in total. The third-order valence-electron chi connectivity index (χ3n) is 2.77. The van der Waals surface area contributed by atoms with Crippen LogP contribution in [0.4, 0.5) is 0 Å². The molecule has 0 bridgehead atoms. The van der Waals surface area contributed by atoms with Crippen LogP contribution in [-0.2, 0) is 0 Å². The number of nitrogens with zero attached hydrogens (tertiary/aromatic N) is 2. The SMILES string of the molecule is CCN(CC)C1=NC=CC(C)=C(C)C1. The van der Waals surface area contributed by atoms with Crippen molar-refractivity contribution in [1.29, 1.82) is 0 Å². The molecule has 0 atom stereocenters. The molecule has 0 spiro atoms. The second-order valence-corrected chi connectivity index (χ2v) is 3.67. The lowest BCUT2D eigenvalue weighted by Gasteiger charge is -2.22. The Bertz CT molecular complexity index is 281. The Morgan fingerprint density at radius 1 is 1.29 bits per heavy atom. The Morgan fingerprint density at radius 3 is 2.50 bits per heavy atom. The van der Waals surface area contributed by atoms with Gasteiger partial charge in [0.1, 0.15) is 5.84 Å². The lowest BCUT2D eigenvalue weighted by Crippen LogP contribution is -2.30. The highest BCUT2D eigenvalue weighted by molar-refractivity contribution is 5.85. The molecule has 0 N–H and O–H groups in total. The number of hydrogen-bond donors (Lipinski definition) is 0. The number of aliphatic imine (C=N–C) groups is 1. The molecule has 0 aliphatic carbocycles. The summed E-state index contributed by atoms with van der Waals surface area (Å²) in [6.45, 7) is 10.8. The molecule has 1 rings (SSSR count). The van der Waals surface area contributed by atoms with E-state index in [2.05, 4.69) is 43.7 Å². The first-order valence-electron chi connectivity index (χ1n) is 5.33. The standard InChI is InChI=1S/C12H20N2/c1-5-14(6-2)12-9-11(4)10(3)7-8-13-12/h7-8H,5-6,9H2,1-4H3. The molecule has 78 valence electrons. The van der Waals surface area contributed by atoms with Crippen molar-refractivity contribution in [3.8, 4) is 0 Å². The lowest BCUT2D eigenvalue weighted by molar-refractivity contribution is 0.458. The van der Waals surface area contributed by atoms with Crippen molar-refractivity contribution in [2.75, 3.05) is 13.1 Å². The summed E-state index contributed by atoms with van der Waals surface area (Å²) in [6.07, 6.45) is 4.99. The van der Waals surface area contributed by atoms with Gasteiger partial charge in [0, 0.05) is 25.7 Å². The first kappa shape index (κ1) is 11.0. The summed E-state index contributed by atoms with van der Waals surface area (Å²) < 4.78 is 0. The Kier molecular flexibility index (Phi) is 3.93. The summed E-state index contributed by atoms with van der Waals surface area (Å²) in [5.74, 6) is 1.20. The molecule has 0 aromatic heterocycles. The van der Waals surface area contributed by atoms with Crippen molar-refractivity contribution in [2.24, 2.45) is 4.99 Å². The molecule has 1 aliphatic rings. The number of rotatable bonds is 2. The zero-order chi connectivity index (χ0) is 10.6. The van der Waals surface area contributed by atoms with Gasteiger partial charge in [-0.25, -0.2) is 4.99 Å². The van der Waals surface area contributed by atoms with Gasteiger partial charge in [-0.1, -0.05) is 11.1 Å². The average molecular weight is 192 g/mol. The lowest BCUT2D eigenvalue weighted by atomic mass is 10.1. The van der Waals surface area contributed by atoms with Crippen LogP contribution in [0.3, 0.4) is 0 Å². The Balaban J connectivity index is 2.83. The summed E-state index contributed by atoms with van der Waals surface area (Å²) in [4.78, 5) is 6.80. The topological polar surface area (TPSA) is 15.6 Å². The highest BCUT2D eigenvalue weighted by Gasteiger charge is 2.10. The second kappa shape index (κ2) is 4.99. The van der Waals surface area contributed by atoms with Crippen molar-refractivity contribution in [2.45, 2.75) is 34.1 Å². The first-order chi connectivity index (χ1) is 6.69. The highest BCUT2D eigenvalue weighted by Crippen LogP contribution is 2.15. The third-order valence-corrected chi connectivity index (χ3v) is 2.77. The van der Waals surface area contributed by atoms with Crippen LogP contribution in [0, 0.1) is 0 Å². The van der Waals surface area contributed by atoms with Crippen LogP contribution >= 0.6 is 0 Å². The van der Waals surface area contributed by atoms with Crippen LogP contribution in [0.1, 0.15) is 34.1 Å². The largest absolute Gasteiger partial charge is 0.360 e. The normalized spacial score (nSPS) is 16.7. The van der Waals surface area contributed by atoms with Crippen LogP contribution in [0.15, 0.2) is 28.4 Å². The summed E-state index contributed by atoms with van der Waals surface area (Å²) in [7, 11) is 0. The zero-order valence-electron chi connectivity index (χ0n) is 9.67. The van der Waals surface area contributed by atoms with Crippen LogP contribution < -0.4 is 0 Å². The fourth-order valence-corrected chi connectivity index (χ4v) is 1.58. The van der Waals surface area contributed by atoms with Crippen molar-refractivity contribution >= 4 is 5.84 Å². The smallest absolute Gasteiger partial charge is 0.108 e. The molecule has 1 aliphatic heterocycles. The third kappa shape index (κ3) is 2.47. The van der Waals surface area contributed by atoms with Gasteiger partial charge in [-0.15, -0.1) is 0 Å². The fraction of sp³-hybridized carbons (Fsp3) is 0.583. The van der Waals surface area contributed by atoms with Gasteiger partial charge in [0.15, 0.2) is 0 Å². The molecular formula is C12H20N2. The van der Waals surface area contributed by atoms with Crippen molar-refractivity contribution in [3.63, 3.8) is 0 Å². The van der Waals surface area contributed by atoms with Gasteiger partial charge in [-0.3, -0.25) is 0 Å². The van der Waals surface area contributed by atoms with E-state index in [-0.39, 0.29) is 0 Å². The molecule has 14 heavy (non-hydrogen) atoms. The predicted molar refractivity (Wildman–Crippen MR) is 62.5 cm³/mol. The molecule has 0 amide bonds. The molecular weight excluding hydrogens is 172 g/mol. The van der Waals surface area contributed by atoms with Gasteiger partial charge < -0.3 is 4.90 Å². The molecule has 0 saturated heterocycles. The molecule has 0 radical (unpaired) electrons.